The molecule has 5 aliphatic carbocycles. The van der Waals surface area contributed by atoms with Crippen molar-refractivity contribution >= 4 is 17.7 Å². The minimum absolute atomic E-state index is 0.510. The second kappa shape index (κ2) is 8.39. The van der Waals surface area contributed by atoms with E-state index in [1.54, 1.807) is 0 Å². The monoisotopic (exact) mass is 411 g/mol. The molecule has 0 aliphatic heterocycles. The van der Waals surface area contributed by atoms with Crippen LogP contribution >= 0.6 is 11.6 Å². The first-order chi connectivity index (χ1) is 14.1. The summed E-state index contributed by atoms with van der Waals surface area (Å²) in [6.45, 7) is 4.63. The predicted molar refractivity (Wildman–Crippen MR) is 124 cm³/mol. The standard InChI is InChI=1S/C27H38ClN/c1-2-29(27-17-21-13-22(18-27)15-23(14-21)19-27)12-6-7-20-10-11-25(26(28)16-20)24-8-4-3-5-9-24/h6-7,10-11,16,21-24H,2-5,8-9,12-15,17-19H2,1H3. The van der Waals surface area contributed by atoms with Gasteiger partial charge in [0.05, 0.1) is 0 Å². The molecule has 0 radical (unpaired) electrons. The normalized spacial score (nSPS) is 34.5. The van der Waals surface area contributed by atoms with Gasteiger partial charge in [-0.15, -0.1) is 0 Å². The third-order valence-corrected chi connectivity index (χ3v) is 9.09. The maximum atomic E-state index is 6.70. The lowest BCUT2D eigenvalue weighted by molar-refractivity contribution is -0.0828. The third kappa shape index (κ3) is 4.07. The number of benzene rings is 1. The largest absolute Gasteiger partial charge is 0.294 e. The van der Waals surface area contributed by atoms with Crippen LogP contribution in [-0.4, -0.2) is 23.5 Å². The number of hydrogen-bond acceptors (Lipinski definition) is 1. The highest BCUT2D eigenvalue weighted by molar-refractivity contribution is 6.31. The summed E-state index contributed by atoms with van der Waals surface area (Å²) in [4.78, 5) is 2.81. The molecule has 5 saturated carbocycles. The molecular formula is C27H38ClN. The van der Waals surface area contributed by atoms with Crippen molar-refractivity contribution in [2.75, 3.05) is 13.1 Å². The number of hydrogen-bond donors (Lipinski definition) is 0. The summed E-state index contributed by atoms with van der Waals surface area (Å²) in [7, 11) is 0. The molecule has 0 heterocycles. The molecule has 5 fully saturated rings. The van der Waals surface area contributed by atoms with Crippen LogP contribution in [0.1, 0.15) is 94.6 Å². The van der Waals surface area contributed by atoms with Gasteiger partial charge in [0.25, 0.3) is 0 Å². The zero-order chi connectivity index (χ0) is 19.8. The number of likely N-dealkylation sites (N-methyl/N-ethyl adjacent to an activating group) is 1. The van der Waals surface area contributed by atoms with Crippen molar-refractivity contribution < 1.29 is 0 Å². The second-order valence-electron chi connectivity index (χ2n) is 10.7. The molecule has 1 aromatic carbocycles. The van der Waals surface area contributed by atoms with Crippen LogP contribution in [0.2, 0.25) is 5.02 Å². The minimum atomic E-state index is 0.510. The molecule has 5 aliphatic rings. The average molecular weight is 412 g/mol. The van der Waals surface area contributed by atoms with Crippen molar-refractivity contribution in [3.8, 4) is 0 Å². The Bertz CT molecular complexity index is 710. The molecule has 0 aromatic heterocycles. The first kappa shape index (κ1) is 20.1. The molecule has 0 atom stereocenters. The summed E-state index contributed by atoms with van der Waals surface area (Å²) < 4.78 is 0. The first-order valence-electron chi connectivity index (χ1n) is 12.4. The fourth-order valence-electron chi connectivity index (χ4n) is 7.82. The van der Waals surface area contributed by atoms with Gasteiger partial charge < -0.3 is 0 Å². The van der Waals surface area contributed by atoms with Crippen LogP contribution < -0.4 is 0 Å². The predicted octanol–water partition coefficient (Wildman–Crippen LogP) is 7.69. The highest BCUT2D eigenvalue weighted by Gasteiger charge is 2.52. The number of nitrogens with zero attached hydrogens (tertiary/aromatic N) is 1. The number of rotatable bonds is 6. The molecule has 4 bridgehead atoms. The maximum absolute atomic E-state index is 6.70. The molecular weight excluding hydrogens is 374 g/mol. The molecule has 29 heavy (non-hydrogen) atoms. The van der Waals surface area contributed by atoms with Crippen LogP contribution in [0.5, 0.6) is 0 Å². The summed E-state index contributed by atoms with van der Waals surface area (Å²) >= 11 is 6.70. The molecule has 1 aromatic rings. The molecule has 0 saturated heterocycles. The van der Waals surface area contributed by atoms with Crippen molar-refractivity contribution in [1.29, 1.82) is 0 Å². The molecule has 0 amide bonds. The minimum Gasteiger partial charge on any atom is -0.294 e. The fourth-order valence-corrected chi connectivity index (χ4v) is 8.16. The van der Waals surface area contributed by atoms with Crippen molar-refractivity contribution in [2.45, 2.75) is 89.0 Å². The molecule has 0 unspecified atom stereocenters. The first-order valence-corrected chi connectivity index (χ1v) is 12.7. The summed E-state index contributed by atoms with van der Waals surface area (Å²) in [6.07, 6.45) is 20.4. The Hall–Kier alpha value is -0.790. The Morgan fingerprint density at radius 3 is 2.24 bits per heavy atom. The van der Waals surface area contributed by atoms with Gasteiger partial charge in [0.2, 0.25) is 0 Å². The molecule has 6 rings (SSSR count). The van der Waals surface area contributed by atoms with Crippen LogP contribution in [0.3, 0.4) is 0 Å². The van der Waals surface area contributed by atoms with E-state index in [2.05, 4.69) is 42.2 Å². The van der Waals surface area contributed by atoms with Crippen LogP contribution in [0.15, 0.2) is 24.3 Å². The van der Waals surface area contributed by atoms with Gasteiger partial charge in [-0.2, -0.15) is 0 Å². The van der Waals surface area contributed by atoms with E-state index in [9.17, 15) is 0 Å². The smallest absolute Gasteiger partial charge is 0.0446 e. The average Bonchev–Trinajstić information content (AvgIpc) is 2.71. The van der Waals surface area contributed by atoms with E-state index in [0.717, 1.165) is 29.3 Å². The Morgan fingerprint density at radius 2 is 1.66 bits per heavy atom. The van der Waals surface area contributed by atoms with E-state index in [4.69, 9.17) is 11.6 Å². The van der Waals surface area contributed by atoms with Crippen molar-refractivity contribution in [2.24, 2.45) is 17.8 Å². The van der Waals surface area contributed by atoms with Crippen LogP contribution in [-0.2, 0) is 0 Å². The highest BCUT2D eigenvalue weighted by atomic mass is 35.5. The zero-order valence-corrected chi connectivity index (χ0v) is 19.0. The van der Waals surface area contributed by atoms with E-state index in [1.165, 1.54) is 88.3 Å². The van der Waals surface area contributed by atoms with Gasteiger partial charge >= 0.3 is 0 Å². The fraction of sp³-hybridized carbons (Fsp3) is 0.704. The van der Waals surface area contributed by atoms with Gasteiger partial charge in [0.1, 0.15) is 0 Å². The summed E-state index contributed by atoms with van der Waals surface area (Å²) in [5, 5.41) is 0.979. The second-order valence-corrected chi connectivity index (χ2v) is 11.1. The van der Waals surface area contributed by atoms with Crippen LogP contribution in [0, 0.1) is 17.8 Å². The van der Waals surface area contributed by atoms with E-state index in [0.29, 0.717) is 11.5 Å². The van der Waals surface area contributed by atoms with Gasteiger partial charge in [-0.25, -0.2) is 0 Å². The van der Waals surface area contributed by atoms with E-state index in [-0.39, 0.29) is 0 Å². The van der Waals surface area contributed by atoms with E-state index in [1.807, 2.05) is 0 Å². The van der Waals surface area contributed by atoms with E-state index >= 15 is 0 Å². The quantitative estimate of drug-likeness (QED) is 0.463. The zero-order valence-electron chi connectivity index (χ0n) is 18.2. The summed E-state index contributed by atoms with van der Waals surface area (Å²) in [5.74, 6) is 3.74. The highest BCUT2D eigenvalue weighted by Crippen LogP contribution is 2.57. The molecule has 1 nitrogen and oxygen atoms in total. The lowest BCUT2D eigenvalue weighted by Gasteiger charge is -2.60. The Morgan fingerprint density at radius 1 is 1.00 bits per heavy atom. The molecule has 158 valence electrons. The van der Waals surface area contributed by atoms with E-state index < -0.39 is 0 Å². The third-order valence-electron chi connectivity index (χ3n) is 8.76. The molecule has 2 heteroatoms. The van der Waals surface area contributed by atoms with Crippen LogP contribution in [0.25, 0.3) is 6.08 Å². The van der Waals surface area contributed by atoms with Crippen LogP contribution in [0.4, 0.5) is 0 Å². The lowest BCUT2D eigenvalue weighted by Crippen LogP contribution is -2.59. The summed E-state index contributed by atoms with van der Waals surface area (Å²) in [6, 6.07) is 6.78. The van der Waals surface area contributed by atoms with Gasteiger partial charge in [0, 0.05) is 17.1 Å². The number of halogens is 1. The van der Waals surface area contributed by atoms with Crippen molar-refractivity contribution in [3.63, 3.8) is 0 Å². The Balaban J connectivity index is 1.25. The SMILES string of the molecule is CCN(CC=Cc1ccc(C2CCCCC2)c(Cl)c1)C12CC3CC(CC(C3)C1)C2. The summed E-state index contributed by atoms with van der Waals surface area (Å²) in [5.41, 5.74) is 3.15. The van der Waals surface area contributed by atoms with Gasteiger partial charge in [0.15, 0.2) is 0 Å². The lowest BCUT2D eigenvalue weighted by atomic mass is 9.52. The van der Waals surface area contributed by atoms with Gasteiger partial charge in [-0.05, 0) is 98.8 Å². The topological polar surface area (TPSA) is 3.24 Å². The van der Waals surface area contributed by atoms with Gasteiger partial charge in [-0.1, -0.05) is 62.1 Å². The maximum Gasteiger partial charge on any atom is 0.0446 e. The van der Waals surface area contributed by atoms with Crippen molar-refractivity contribution in [1.82, 2.24) is 4.90 Å². The Kier molecular flexibility index (Phi) is 5.82. The molecule has 0 N–H and O–H groups in total. The van der Waals surface area contributed by atoms with Crippen molar-refractivity contribution in [3.05, 3.63) is 40.4 Å². The Labute approximate surface area is 182 Å². The molecule has 0 spiro atoms. The van der Waals surface area contributed by atoms with Gasteiger partial charge in [-0.3, -0.25) is 4.90 Å².